The molecule has 0 amide bonds. The predicted molar refractivity (Wildman–Crippen MR) is 93.5 cm³/mol. The normalized spacial score (nSPS) is 11.7. The highest BCUT2D eigenvalue weighted by Crippen LogP contribution is 2.37. The van der Waals surface area contributed by atoms with Gasteiger partial charge in [-0.3, -0.25) is 0 Å². The summed E-state index contributed by atoms with van der Waals surface area (Å²) in [6.45, 7) is 0. The number of halogens is 5. The summed E-state index contributed by atoms with van der Waals surface area (Å²) >= 11 is 10.7. The first-order valence-electron chi connectivity index (χ1n) is 6.33. The smallest absolute Gasteiger partial charge is 0.159 e. The van der Waals surface area contributed by atoms with Crippen molar-refractivity contribution in [1.82, 2.24) is 0 Å². The maximum absolute atomic E-state index is 13.4. The molecule has 0 fully saturated rings. The average molecular weight is 483 g/mol. The van der Waals surface area contributed by atoms with E-state index < -0.39 is 11.6 Å². The lowest BCUT2D eigenvalue weighted by molar-refractivity contribution is 0.500. The van der Waals surface area contributed by atoms with Crippen LogP contribution in [0.4, 0.5) is 8.78 Å². The zero-order chi connectivity index (χ0) is 15.5. The zero-order valence-electron chi connectivity index (χ0n) is 11.1. The van der Waals surface area contributed by atoms with Crippen LogP contribution in [-0.2, 0) is 11.8 Å². The van der Waals surface area contributed by atoms with E-state index in [0.29, 0.717) is 17.1 Å². The number of rotatable bonds is 5. The van der Waals surface area contributed by atoms with Crippen molar-refractivity contribution in [3.63, 3.8) is 0 Å². The molecule has 2 aromatic rings. The van der Waals surface area contributed by atoms with Gasteiger partial charge in [0.2, 0.25) is 0 Å². The second-order valence-electron chi connectivity index (χ2n) is 4.95. The topological polar surface area (TPSA) is 0 Å². The molecule has 0 saturated heterocycles. The molecule has 21 heavy (non-hydrogen) atoms. The van der Waals surface area contributed by atoms with Crippen LogP contribution >= 0.6 is 47.8 Å². The van der Waals surface area contributed by atoms with Crippen LogP contribution in [0.1, 0.15) is 11.1 Å². The quantitative estimate of drug-likeness (QED) is 0.459. The number of hydrogen-bond acceptors (Lipinski definition) is 0. The van der Waals surface area contributed by atoms with E-state index in [-0.39, 0.29) is 5.41 Å². The second-order valence-corrected chi connectivity index (χ2v) is 6.93. The first kappa shape index (κ1) is 17.1. The van der Waals surface area contributed by atoms with E-state index in [1.165, 1.54) is 12.1 Å². The van der Waals surface area contributed by atoms with Gasteiger partial charge in [0.05, 0.1) is 0 Å². The summed E-state index contributed by atoms with van der Waals surface area (Å²) in [4.78, 5) is 0. The summed E-state index contributed by atoms with van der Waals surface area (Å²) in [5.41, 5.74) is 1.65. The average Bonchev–Trinajstić information content (AvgIpc) is 2.49. The van der Waals surface area contributed by atoms with Gasteiger partial charge >= 0.3 is 0 Å². The minimum atomic E-state index is -0.817. The lowest BCUT2D eigenvalue weighted by Crippen LogP contribution is -2.33. The Hall–Kier alpha value is -0.260. The lowest BCUT2D eigenvalue weighted by Gasteiger charge is -2.32. The van der Waals surface area contributed by atoms with Crippen LogP contribution in [0.2, 0.25) is 0 Å². The summed E-state index contributed by atoms with van der Waals surface area (Å²) in [5, 5.41) is 1.40. The van der Waals surface area contributed by atoms with Crippen LogP contribution in [0.15, 0.2) is 46.9 Å². The molecule has 112 valence electrons. The van der Waals surface area contributed by atoms with E-state index in [1.54, 1.807) is 6.07 Å². The lowest BCUT2D eigenvalue weighted by atomic mass is 9.79. The molecule has 0 nitrogen and oxygen atoms in total. The Kier molecular flexibility index (Phi) is 5.97. The predicted octanol–water partition coefficient (Wildman–Crippen LogP) is 6.00. The van der Waals surface area contributed by atoms with E-state index in [4.69, 9.17) is 0 Å². The first-order chi connectivity index (χ1) is 10.0. The standard InChI is InChI=1S/C16H13Br3F2/c17-9-16(10-18,12-3-1-2-4-13(12)19)8-11-5-6-14(20)15(21)7-11/h1-7H,8-10H2. The minimum absolute atomic E-state index is 0.246. The molecule has 0 spiro atoms. The summed E-state index contributed by atoms with van der Waals surface area (Å²) < 4.78 is 27.5. The highest BCUT2D eigenvalue weighted by Gasteiger charge is 2.32. The van der Waals surface area contributed by atoms with E-state index in [9.17, 15) is 8.78 Å². The minimum Gasteiger partial charge on any atom is -0.204 e. The molecule has 0 unspecified atom stereocenters. The monoisotopic (exact) mass is 480 g/mol. The molecule has 0 aliphatic rings. The molecule has 0 aliphatic carbocycles. The highest BCUT2D eigenvalue weighted by atomic mass is 79.9. The Labute approximate surface area is 148 Å². The molecule has 2 rings (SSSR count). The Balaban J connectivity index is 2.43. The Morgan fingerprint density at radius 2 is 1.57 bits per heavy atom. The van der Waals surface area contributed by atoms with Gasteiger partial charge < -0.3 is 0 Å². The molecule has 0 N–H and O–H groups in total. The number of alkyl halides is 2. The molecule has 5 heteroatoms. The third kappa shape index (κ3) is 3.74. The van der Waals surface area contributed by atoms with Gasteiger partial charge in [-0.15, -0.1) is 0 Å². The molecule has 0 bridgehead atoms. The van der Waals surface area contributed by atoms with Crippen LogP contribution < -0.4 is 0 Å². The molecule has 0 aromatic heterocycles. The van der Waals surface area contributed by atoms with Crippen LogP contribution in [-0.4, -0.2) is 10.7 Å². The van der Waals surface area contributed by atoms with E-state index >= 15 is 0 Å². The molecular formula is C16H13Br3F2. The molecule has 0 atom stereocenters. The molecule has 0 aliphatic heterocycles. The van der Waals surface area contributed by atoms with Crippen molar-refractivity contribution in [2.75, 3.05) is 10.7 Å². The van der Waals surface area contributed by atoms with Crippen molar-refractivity contribution in [2.45, 2.75) is 11.8 Å². The van der Waals surface area contributed by atoms with Crippen molar-refractivity contribution >= 4 is 47.8 Å². The van der Waals surface area contributed by atoms with E-state index in [2.05, 4.69) is 47.8 Å². The maximum atomic E-state index is 13.4. The van der Waals surface area contributed by atoms with Crippen LogP contribution in [0.3, 0.4) is 0 Å². The second kappa shape index (κ2) is 7.34. The SMILES string of the molecule is Fc1ccc(CC(CBr)(CBr)c2ccccc2Br)cc1F. The van der Waals surface area contributed by atoms with Gasteiger partial charge in [0.1, 0.15) is 0 Å². The van der Waals surface area contributed by atoms with Crippen molar-refractivity contribution in [2.24, 2.45) is 0 Å². The van der Waals surface area contributed by atoms with Crippen molar-refractivity contribution in [1.29, 1.82) is 0 Å². The molecule has 2 aromatic carbocycles. The third-order valence-electron chi connectivity index (χ3n) is 3.48. The van der Waals surface area contributed by atoms with Gasteiger partial charge in [-0.25, -0.2) is 8.78 Å². The first-order valence-corrected chi connectivity index (χ1v) is 9.37. The maximum Gasteiger partial charge on any atom is 0.159 e. The Bertz CT molecular complexity index is 625. The molecule has 0 saturated carbocycles. The van der Waals surface area contributed by atoms with Gasteiger partial charge in [-0.2, -0.15) is 0 Å². The molecule has 0 radical (unpaired) electrons. The van der Waals surface area contributed by atoms with Crippen molar-refractivity contribution in [3.05, 3.63) is 69.7 Å². The molecular weight excluding hydrogens is 470 g/mol. The fraction of sp³-hybridized carbons (Fsp3) is 0.250. The van der Waals surface area contributed by atoms with Crippen LogP contribution in [0.25, 0.3) is 0 Å². The van der Waals surface area contributed by atoms with Gasteiger partial charge in [-0.1, -0.05) is 72.1 Å². The Morgan fingerprint density at radius 3 is 2.14 bits per heavy atom. The summed E-state index contributed by atoms with van der Waals surface area (Å²) in [6.07, 6.45) is 0.601. The van der Waals surface area contributed by atoms with E-state index in [1.807, 2.05) is 24.3 Å². The van der Waals surface area contributed by atoms with Gasteiger partial charge in [0.25, 0.3) is 0 Å². The zero-order valence-corrected chi connectivity index (χ0v) is 15.8. The fourth-order valence-corrected chi connectivity index (χ4v) is 4.94. The van der Waals surface area contributed by atoms with Gasteiger partial charge in [-0.05, 0) is 35.7 Å². The Morgan fingerprint density at radius 1 is 0.905 bits per heavy atom. The van der Waals surface area contributed by atoms with Gasteiger partial charge in [0.15, 0.2) is 11.6 Å². The summed E-state index contributed by atoms with van der Waals surface area (Å²) in [5.74, 6) is -1.62. The highest BCUT2D eigenvalue weighted by molar-refractivity contribution is 9.10. The fourth-order valence-electron chi connectivity index (χ4n) is 2.30. The van der Waals surface area contributed by atoms with Crippen LogP contribution in [0, 0.1) is 11.6 Å². The summed E-state index contributed by atoms with van der Waals surface area (Å²) in [7, 11) is 0. The third-order valence-corrected chi connectivity index (χ3v) is 6.32. The van der Waals surface area contributed by atoms with E-state index in [0.717, 1.165) is 15.6 Å². The summed E-state index contributed by atoms with van der Waals surface area (Å²) in [6, 6.07) is 12.1. The van der Waals surface area contributed by atoms with Gasteiger partial charge in [0, 0.05) is 20.5 Å². The largest absolute Gasteiger partial charge is 0.204 e. The number of benzene rings is 2. The van der Waals surface area contributed by atoms with Crippen molar-refractivity contribution in [3.8, 4) is 0 Å². The number of hydrogen-bond donors (Lipinski definition) is 0. The molecule has 0 heterocycles. The van der Waals surface area contributed by atoms with Crippen LogP contribution in [0.5, 0.6) is 0 Å². The van der Waals surface area contributed by atoms with Crippen molar-refractivity contribution < 1.29 is 8.78 Å².